The molecule has 0 aliphatic carbocycles. The number of rotatable bonds is 4. The Labute approximate surface area is 83.4 Å². The molecule has 0 radical (unpaired) electrons. The van der Waals surface area contributed by atoms with Gasteiger partial charge in [-0.2, -0.15) is 8.78 Å². The van der Waals surface area contributed by atoms with Crippen molar-refractivity contribution in [2.24, 2.45) is 0 Å². The molecule has 0 bridgehead atoms. The monoisotopic (exact) mass is 232 g/mol. The maximum Gasteiger partial charge on any atom is 0.415 e. The highest BCUT2D eigenvalue weighted by Gasteiger charge is 2.45. The van der Waals surface area contributed by atoms with E-state index < -0.39 is 28.9 Å². The van der Waals surface area contributed by atoms with Crippen LogP contribution in [0.25, 0.3) is 0 Å². The first-order valence-electron chi connectivity index (χ1n) is 3.46. The summed E-state index contributed by atoms with van der Waals surface area (Å²) in [6.07, 6.45) is 0. The molecule has 0 spiro atoms. The van der Waals surface area contributed by atoms with Crippen molar-refractivity contribution in [2.45, 2.75) is 31.6 Å². The van der Waals surface area contributed by atoms with Crippen LogP contribution in [0.3, 0.4) is 0 Å². The van der Waals surface area contributed by atoms with E-state index in [0.717, 1.165) is 0 Å². The van der Waals surface area contributed by atoms with E-state index in [1.54, 1.807) is 0 Å². The molecule has 84 valence electrons. The van der Waals surface area contributed by atoms with Gasteiger partial charge in [0.15, 0.2) is 0 Å². The molecule has 5 nitrogen and oxygen atoms in total. The van der Waals surface area contributed by atoms with Gasteiger partial charge in [-0.1, -0.05) is 5.04 Å². The number of hydrogen-bond acceptors (Lipinski definition) is 6. The van der Waals surface area contributed by atoms with E-state index in [-0.39, 0.29) is 0 Å². The number of hydrogen-bond donors (Lipinski definition) is 1. The third kappa shape index (κ3) is 5.32. The summed E-state index contributed by atoms with van der Waals surface area (Å²) < 4.78 is 33.2. The van der Waals surface area contributed by atoms with Crippen LogP contribution in [-0.4, -0.2) is 22.1 Å². The number of halogens is 2. The van der Waals surface area contributed by atoms with Gasteiger partial charge in [0.2, 0.25) is 0 Å². The van der Waals surface area contributed by atoms with Gasteiger partial charge in [0.1, 0.15) is 17.6 Å². The molecule has 0 heterocycles. The summed E-state index contributed by atoms with van der Waals surface area (Å²) in [7, 11) is 0. The fourth-order valence-electron chi connectivity index (χ4n) is 0.429. The van der Waals surface area contributed by atoms with Crippen LogP contribution in [0.1, 0.15) is 20.8 Å². The summed E-state index contributed by atoms with van der Waals surface area (Å²) in [5, 5.41) is 6.61. The first-order chi connectivity index (χ1) is 6.19. The lowest BCUT2D eigenvalue weighted by Crippen LogP contribution is -2.34. The molecule has 0 aliphatic heterocycles. The third-order valence-corrected chi connectivity index (χ3v) is 1.31. The molecule has 0 saturated heterocycles. The Hall–Kier alpha value is -0.440. The van der Waals surface area contributed by atoms with Crippen molar-refractivity contribution in [2.75, 3.05) is 0 Å². The Kier molecular flexibility index (Phi) is 4.72. The van der Waals surface area contributed by atoms with E-state index in [1.807, 2.05) is 0 Å². The van der Waals surface area contributed by atoms with Crippen molar-refractivity contribution >= 4 is 18.0 Å². The molecule has 0 rings (SSSR count). The average molecular weight is 232 g/mol. The fourth-order valence-corrected chi connectivity index (χ4v) is 0.655. The molecular weight excluding hydrogens is 222 g/mol. The Balaban J connectivity index is 4.21. The average Bonchev–Trinajstić information content (AvgIpc) is 1.97. The number of carbonyl (C=O) groups excluding carboxylic acids is 1. The SMILES string of the molecule is CC(C)(C)OC(=O)C(F)(F)SOOO. The minimum Gasteiger partial charge on any atom is -0.455 e. The predicted molar refractivity (Wildman–Crippen MR) is 43.2 cm³/mol. The number of alkyl halides is 2. The lowest BCUT2D eigenvalue weighted by Gasteiger charge is -2.22. The predicted octanol–water partition coefficient (Wildman–Crippen LogP) is 1.99. The highest BCUT2D eigenvalue weighted by Crippen LogP contribution is 2.32. The molecule has 1 N–H and O–H groups in total. The zero-order valence-electron chi connectivity index (χ0n) is 7.74. The van der Waals surface area contributed by atoms with Crippen LogP contribution in [0, 0.1) is 0 Å². The number of ether oxygens (including phenoxy) is 1. The molecule has 0 aliphatic rings. The van der Waals surface area contributed by atoms with Gasteiger partial charge in [-0.25, -0.2) is 10.1 Å². The second-order valence-corrected chi connectivity index (χ2v) is 4.06. The van der Waals surface area contributed by atoms with Crippen LogP contribution in [0.4, 0.5) is 8.78 Å². The van der Waals surface area contributed by atoms with Gasteiger partial charge in [0.05, 0.1) is 0 Å². The minimum absolute atomic E-state index is 0.653. The van der Waals surface area contributed by atoms with E-state index in [9.17, 15) is 13.6 Å². The molecule has 0 atom stereocenters. The van der Waals surface area contributed by atoms with Gasteiger partial charge < -0.3 is 4.74 Å². The molecule has 0 aromatic heterocycles. The first kappa shape index (κ1) is 13.6. The second kappa shape index (κ2) is 4.87. The largest absolute Gasteiger partial charge is 0.455 e. The topological polar surface area (TPSA) is 65.0 Å². The molecule has 0 fully saturated rings. The lowest BCUT2D eigenvalue weighted by molar-refractivity contribution is -0.433. The summed E-state index contributed by atoms with van der Waals surface area (Å²) in [5.74, 6) is -1.77. The Morgan fingerprint density at radius 1 is 1.36 bits per heavy atom. The normalized spacial score (nSPS) is 12.7. The molecule has 0 saturated carbocycles. The van der Waals surface area contributed by atoms with Crippen LogP contribution >= 0.6 is 12.0 Å². The molecule has 0 aromatic carbocycles. The van der Waals surface area contributed by atoms with Crippen molar-refractivity contribution in [3.8, 4) is 0 Å². The smallest absolute Gasteiger partial charge is 0.415 e. The Bertz CT molecular complexity index is 203. The van der Waals surface area contributed by atoms with Crippen molar-refractivity contribution in [1.29, 1.82) is 0 Å². The summed E-state index contributed by atoms with van der Waals surface area (Å²) >= 11 is -0.653. The highest BCUT2D eigenvalue weighted by molar-refractivity contribution is 7.96. The Morgan fingerprint density at radius 3 is 2.21 bits per heavy atom. The molecule has 0 unspecified atom stereocenters. The molecule has 14 heavy (non-hydrogen) atoms. The van der Waals surface area contributed by atoms with E-state index in [2.05, 4.69) is 14.1 Å². The van der Waals surface area contributed by atoms with Gasteiger partial charge in [0.25, 0.3) is 0 Å². The van der Waals surface area contributed by atoms with Crippen molar-refractivity contribution < 1.29 is 32.9 Å². The van der Waals surface area contributed by atoms with Crippen LogP contribution in [0.5, 0.6) is 0 Å². The quantitative estimate of drug-likeness (QED) is 0.346. The van der Waals surface area contributed by atoms with Crippen molar-refractivity contribution in [3.05, 3.63) is 0 Å². The molecule has 8 heteroatoms. The minimum atomic E-state index is -3.93. The second-order valence-electron chi connectivity index (χ2n) is 3.24. The van der Waals surface area contributed by atoms with Gasteiger partial charge >= 0.3 is 11.2 Å². The van der Waals surface area contributed by atoms with E-state index in [1.165, 1.54) is 20.8 Å². The standard InChI is InChI=1S/C6H10F2O5S/c1-5(2,3)11-4(9)6(7,8)14-13-12-10/h10H,1-3H3. The summed E-state index contributed by atoms with van der Waals surface area (Å²) in [6, 6.07) is 0. The van der Waals surface area contributed by atoms with Gasteiger partial charge in [-0.05, 0) is 20.8 Å². The van der Waals surface area contributed by atoms with Crippen LogP contribution in [0.15, 0.2) is 0 Å². The van der Waals surface area contributed by atoms with Gasteiger partial charge in [0, 0.05) is 0 Å². The van der Waals surface area contributed by atoms with Gasteiger partial charge in [-0.3, -0.25) is 0 Å². The zero-order valence-corrected chi connectivity index (χ0v) is 8.56. The number of carbonyl (C=O) groups is 1. The Morgan fingerprint density at radius 2 is 1.86 bits per heavy atom. The maximum atomic E-state index is 12.7. The molecule has 0 amide bonds. The van der Waals surface area contributed by atoms with E-state index >= 15 is 0 Å². The summed E-state index contributed by atoms with van der Waals surface area (Å²) in [6.45, 7) is 4.32. The van der Waals surface area contributed by atoms with Crippen LogP contribution < -0.4 is 0 Å². The van der Waals surface area contributed by atoms with E-state index in [4.69, 9.17) is 5.26 Å². The summed E-state index contributed by atoms with van der Waals surface area (Å²) in [5.41, 5.74) is -1.03. The summed E-state index contributed by atoms with van der Waals surface area (Å²) in [4.78, 5) is 10.8. The van der Waals surface area contributed by atoms with E-state index in [0.29, 0.717) is 0 Å². The molecular formula is C6H10F2O5S. The zero-order chi connectivity index (χ0) is 11.4. The molecule has 0 aromatic rings. The first-order valence-corrected chi connectivity index (χ1v) is 4.20. The lowest BCUT2D eigenvalue weighted by atomic mass is 10.2. The maximum absolute atomic E-state index is 12.7. The highest BCUT2D eigenvalue weighted by atomic mass is 32.2. The third-order valence-electron chi connectivity index (χ3n) is 0.806. The van der Waals surface area contributed by atoms with Crippen LogP contribution in [-0.2, 0) is 18.9 Å². The van der Waals surface area contributed by atoms with Crippen molar-refractivity contribution in [3.63, 3.8) is 0 Å². The fraction of sp³-hybridized carbons (Fsp3) is 0.833. The number of esters is 1. The van der Waals surface area contributed by atoms with Gasteiger partial charge in [-0.15, -0.1) is 4.33 Å². The van der Waals surface area contributed by atoms with Crippen LogP contribution in [0.2, 0.25) is 0 Å². The van der Waals surface area contributed by atoms with Crippen molar-refractivity contribution in [1.82, 2.24) is 0 Å².